The molecular weight excluding hydrogens is 513 g/mol. The van der Waals surface area contributed by atoms with Gasteiger partial charge in [0.1, 0.15) is 0 Å². The third-order valence-electron chi connectivity index (χ3n) is 7.43. The van der Waals surface area contributed by atoms with E-state index in [-0.39, 0.29) is 24.2 Å². The fraction of sp³-hybridized carbons (Fsp3) is 0.345. The molecule has 0 aromatic heterocycles. The summed E-state index contributed by atoms with van der Waals surface area (Å²) in [6.45, 7) is 7.67. The van der Waals surface area contributed by atoms with Gasteiger partial charge in [-0.2, -0.15) is 0 Å². The van der Waals surface area contributed by atoms with E-state index in [0.717, 1.165) is 67.8 Å². The van der Waals surface area contributed by atoms with Crippen molar-refractivity contribution in [2.24, 2.45) is 5.73 Å². The zero-order valence-electron chi connectivity index (χ0n) is 20.7. The van der Waals surface area contributed by atoms with Gasteiger partial charge < -0.3 is 16.0 Å². The van der Waals surface area contributed by atoms with Crippen LogP contribution in [0.15, 0.2) is 42.5 Å². The van der Waals surface area contributed by atoms with Gasteiger partial charge in [0.2, 0.25) is 0 Å². The quantitative estimate of drug-likeness (QED) is 0.349. The monoisotopic (exact) mass is 543 g/mol. The molecule has 1 saturated heterocycles. The summed E-state index contributed by atoms with van der Waals surface area (Å²) in [6, 6.07) is 14.3. The summed E-state index contributed by atoms with van der Waals surface area (Å²) in [5.74, 6) is -0.227. The van der Waals surface area contributed by atoms with Crippen molar-refractivity contribution in [2.45, 2.75) is 39.0 Å². The highest BCUT2D eigenvalue weighted by molar-refractivity contribution is 6.44. The lowest BCUT2D eigenvalue weighted by Gasteiger charge is -2.35. The second-order valence-electron chi connectivity index (χ2n) is 9.48. The maximum absolute atomic E-state index is 13.3. The molecule has 2 aliphatic rings. The number of carbonyl (C=O) groups excluding carboxylic acids is 1. The van der Waals surface area contributed by atoms with Gasteiger partial charge in [0.25, 0.3) is 5.91 Å². The highest BCUT2D eigenvalue weighted by atomic mass is 35.5. The number of fused-ring (bicyclic) bond motifs is 3. The number of nitrogens with zero attached hydrogens (tertiary/aromatic N) is 1. The Morgan fingerprint density at radius 2 is 1.75 bits per heavy atom. The molecule has 0 saturated carbocycles. The van der Waals surface area contributed by atoms with Crippen LogP contribution in [0.1, 0.15) is 59.7 Å². The lowest BCUT2D eigenvalue weighted by atomic mass is 9.82. The molecule has 1 aliphatic heterocycles. The second kappa shape index (κ2) is 11.0. The Kier molecular flexibility index (Phi) is 8.21. The molecule has 1 unspecified atom stereocenters. The maximum atomic E-state index is 13.3. The summed E-state index contributed by atoms with van der Waals surface area (Å²) >= 11 is 13.4. The summed E-state index contributed by atoms with van der Waals surface area (Å²) in [6.07, 6.45) is 2.85. The number of piperazine rings is 1. The van der Waals surface area contributed by atoms with E-state index in [0.29, 0.717) is 15.6 Å². The SMILES string of the molecule is CCCCc1c(C(N)=O)c(N2CCNCC2)c(-c2cccc(Cl)c2Cl)c2c1C(C)c1ccccc1-2.Cl. The van der Waals surface area contributed by atoms with Crippen LogP contribution in [0.2, 0.25) is 10.0 Å². The summed E-state index contributed by atoms with van der Waals surface area (Å²) in [5, 5.41) is 4.43. The number of hydrogen-bond donors (Lipinski definition) is 2. The normalized spacial score (nSPS) is 16.3. The predicted octanol–water partition coefficient (Wildman–Crippen LogP) is 7.07. The van der Waals surface area contributed by atoms with E-state index in [4.69, 9.17) is 28.9 Å². The maximum Gasteiger partial charge on any atom is 0.251 e. The summed E-state index contributed by atoms with van der Waals surface area (Å²) in [4.78, 5) is 15.6. The molecule has 36 heavy (non-hydrogen) atoms. The minimum atomic E-state index is -0.380. The van der Waals surface area contributed by atoms with Crippen molar-refractivity contribution < 1.29 is 4.79 Å². The van der Waals surface area contributed by atoms with Crippen LogP contribution >= 0.6 is 35.6 Å². The summed E-state index contributed by atoms with van der Waals surface area (Å²) in [5.41, 5.74) is 15.5. The number of nitrogens with two attached hydrogens (primary N) is 1. The number of unbranched alkanes of at least 4 members (excludes halogenated alkanes) is 1. The Morgan fingerprint density at radius 3 is 2.44 bits per heavy atom. The number of hydrogen-bond acceptors (Lipinski definition) is 3. The molecule has 1 heterocycles. The Morgan fingerprint density at radius 1 is 1.06 bits per heavy atom. The third-order valence-corrected chi connectivity index (χ3v) is 8.25. The second-order valence-corrected chi connectivity index (χ2v) is 10.3. The zero-order chi connectivity index (χ0) is 24.7. The lowest BCUT2D eigenvalue weighted by Crippen LogP contribution is -2.44. The largest absolute Gasteiger partial charge is 0.368 e. The minimum absolute atomic E-state index is 0. The van der Waals surface area contributed by atoms with E-state index in [9.17, 15) is 4.79 Å². The Hall–Kier alpha value is -2.24. The molecule has 1 fully saturated rings. The highest BCUT2D eigenvalue weighted by Gasteiger charge is 2.37. The molecule has 190 valence electrons. The molecule has 7 heteroatoms. The van der Waals surface area contributed by atoms with Crippen molar-refractivity contribution >= 4 is 47.2 Å². The molecule has 5 rings (SSSR count). The Bertz CT molecular complexity index is 1300. The van der Waals surface area contributed by atoms with Crippen molar-refractivity contribution in [3.05, 3.63) is 74.8 Å². The highest BCUT2D eigenvalue weighted by Crippen LogP contribution is 2.56. The van der Waals surface area contributed by atoms with Crippen LogP contribution in [0.3, 0.4) is 0 Å². The van der Waals surface area contributed by atoms with E-state index in [1.807, 2.05) is 12.1 Å². The van der Waals surface area contributed by atoms with Crippen LogP contribution in [-0.4, -0.2) is 32.1 Å². The topological polar surface area (TPSA) is 58.4 Å². The van der Waals surface area contributed by atoms with Crippen LogP contribution in [0, 0.1) is 0 Å². The molecular formula is C29H32Cl3N3O. The average molecular weight is 545 g/mol. The number of primary amides is 1. The first-order valence-electron chi connectivity index (χ1n) is 12.5. The van der Waals surface area contributed by atoms with Gasteiger partial charge in [-0.3, -0.25) is 4.79 Å². The number of nitrogens with one attached hydrogen (secondary N) is 1. The molecule has 0 spiro atoms. The Labute approximate surface area is 229 Å². The molecule has 1 aliphatic carbocycles. The fourth-order valence-corrected chi connectivity index (χ4v) is 6.26. The van der Waals surface area contributed by atoms with Crippen molar-refractivity contribution in [1.82, 2.24) is 5.32 Å². The smallest absolute Gasteiger partial charge is 0.251 e. The van der Waals surface area contributed by atoms with Gasteiger partial charge in [-0.15, -0.1) is 12.4 Å². The number of anilines is 1. The summed E-state index contributed by atoms with van der Waals surface area (Å²) in [7, 11) is 0. The van der Waals surface area contributed by atoms with Gasteiger partial charge in [-0.1, -0.05) is 79.9 Å². The molecule has 3 N–H and O–H groups in total. The van der Waals surface area contributed by atoms with Gasteiger partial charge >= 0.3 is 0 Å². The minimum Gasteiger partial charge on any atom is -0.368 e. The number of rotatable bonds is 6. The number of carbonyl (C=O) groups is 1. The molecule has 1 amide bonds. The Balaban J connectivity index is 0.00000304. The molecule has 0 radical (unpaired) electrons. The van der Waals surface area contributed by atoms with Crippen molar-refractivity contribution in [2.75, 3.05) is 31.1 Å². The van der Waals surface area contributed by atoms with Gasteiger partial charge in [0.15, 0.2) is 0 Å². The zero-order valence-corrected chi connectivity index (χ0v) is 23.0. The van der Waals surface area contributed by atoms with E-state index < -0.39 is 0 Å². The first-order chi connectivity index (χ1) is 17.0. The van der Waals surface area contributed by atoms with Gasteiger partial charge in [-0.25, -0.2) is 0 Å². The summed E-state index contributed by atoms with van der Waals surface area (Å²) < 4.78 is 0. The van der Waals surface area contributed by atoms with Crippen LogP contribution in [0.5, 0.6) is 0 Å². The van der Waals surface area contributed by atoms with Crippen LogP contribution < -0.4 is 16.0 Å². The molecule has 3 aromatic carbocycles. The third kappa shape index (κ3) is 4.39. The lowest BCUT2D eigenvalue weighted by molar-refractivity contribution is 0.0999. The van der Waals surface area contributed by atoms with E-state index >= 15 is 0 Å². The van der Waals surface area contributed by atoms with Crippen LogP contribution in [-0.2, 0) is 6.42 Å². The first-order valence-corrected chi connectivity index (χ1v) is 13.2. The van der Waals surface area contributed by atoms with Crippen LogP contribution in [0.4, 0.5) is 5.69 Å². The standard InChI is InChI=1S/C29H31Cl2N3O.ClH/c1-3-4-8-20-23-17(2)18-9-5-6-10-19(18)24(23)25(21-11-7-12-22(30)27(21)31)28(26(20)29(32)35)34-15-13-33-14-16-34;/h5-7,9-12,17,33H,3-4,8,13-16H2,1-2H3,(H2,32,35);1H. The van der Waals surface area contributed by atoms with E-state index in [1.165, 1.54) is 22.3 Å². The van der Waals surface area contributed by atoms with Gasteiger partial charge in [0.05, 0.1) is 21.3 Å². The van der Waals surface area contributed by atoms with Crippen molar-refractivity contribution in [3.8, 4) is 22.3 Å². The fourth-order valence-electron chi connectivity index (χ4n) is 5.86. The number of halogens is 3. The first kappa shape index (κ1) is 26.8. The predicted molar refractivity (Wildman–Crippen MR) is 154 cm³/mol. The molecule has 4 nitrogen and oxygen atoms in total. The molecule has 1 atom stereocenters. The van der Waals surface area contributed by atoms with E-state index in [1.54, 1.807) is 6.07 Å². The van der Waals surface area contributed by atoms with Crippen LogP contribution in [0.25, 0.3) is 22.3 Å². The van der Waals surface area contributed by atoms with Gasteiger partial charge in [-0.05, 0) is 46.7 Å². The van der Waals surface area contributed by atoms with Gasteiger partial charge in [0, 0.05) is 43.2 Å². The average Bonchev–Trinajstić information content (AvgIpc) is 3.17. The van der Waals surface area contributed by atoms with Crippen molar-refractivity contribution in [1.29, 1.82) is 0 Å². The van der Waals surface area contributed by atoms with E-state index in [2.05, 4.69) is 48.3 Å². The molecule has 0 bridgehead atoms. The number of benzene rings is 3. The molecule has 3 aromatic rings. The number of amides is 1. The van der Waals surface area contributed by atoms with Crippen molar-refractivity contribution in [3.63, 3.8) is 0 Å².